The number of aromatic nitrogens is 1. The largest absolute Gasteiger partial charge is 0.390 e. The van der Waals surface area contributed by atoms with Gasteiger partial charge in [0.25, 0.3) is 0 Å². The van der Waals surface area contributed by atoms with Crippen LogP contribution in [0.25, 0.3) is 0 Å². The third-order valence-electron chi connectivity index (χ3n) is 2.91. The smallest absolute Gasteiger partial charge is 0.0852 e. The molecule has 1 aromatic rings. The molecule has 2 heterocycles. The van der Waals surface area contributed by atoms with Crippen LogP contribution in [0, 0.1) is 0 Å². The molecule has 0 bridgehead atoms. The van der Waals surface area contributed by atoms with Crippen molar-refractivity contribution in [1.29, 1.82) is 0 Å². The molecule has 3 heteroatoms. The Bertz CT molecular complexity index is 297. The first-order valence-electron chi connectivity index (χ1n) is 5.07. The van der Waals surface area contributed by atoms with Crippen molar-refractivity contribution in [2.45, 2.75) is 25.5 Å². The van der Waals surface area contributed by atoms with Crippen LogP contribution in [0.3, 0.4) is 0 Å². The summed E-state index contributed by atoms with van der Waals surface area (Å²) in [6.45, 7) is 1.20. The Morgan fingerprint density at radius 3 is 2.93 bits per heavy atom. The first-order chi connectivity index (χ1) is 6.81. The maximum atomic E-state index is 8.87. The average molecular weight is 192 g/mol. The second-order valence-electron chi connectivity index (χ2n) is 3.88. The first-order valence-corrected chi connectivity index (χ1v) is 5.07. The molecular formula is C11H16N2O. The van der Waals surface area contributed by atoms with Gasteiger partial charge in [0.2, 0.25) is 0 Å². The van der Waals surface area contributed by atoms with Crippen molar-refractivity contribution in [3.05, 3.63) is 29.6 Å². The zero-order valence-corrected chi connectivity index (χ0v) is 8.48. The van der Waals surface area contributed by atoms with E-state index in [1.165, 1.54) is 24.9 Å². The number of nitrogens with zero attached hydrogens (tertiary/aromatic N) is 2. The quantitative estimate of drug-likeness (QED) is 0.768. The number of rotatable bonds is 2. The molecule has 0 spiro atoms. The van der Waals surface area contributed by atoms with Gasteiger partial charge in [-0.1, -0.05) is 6.07 Å². The summed E-state index contributed by atoms with van der Waals surface area (Å²) in [5, 5.41) is 8.87. The average Bonchev–Trinajstić information content (AvgIpc) is 2.65. The number of hydrogen-bond donors (Lipinski definition) is 1. The number of hydrogen-bond acceptors (Lipinski definition) is 3. The summed E-state index contributed by atoms with van der Waals surface area (Å²) in [6, 6.07) is 4.50. The zero-order valence-electron chi connectivity index (χ0n) is 8.48. The van der Waals surface area contributed by atoms with E-state index in [1.807, 2.05) is 12.3 Å². The molecule has 1 aliphatic heterocycles. The summed E-state index contributed by atoms with van der Waals surface area (Å²) < 4.78 is 0. The van der Waals surface area contributed by atoms with E-state index in [0.29, 0.717) is 6.04 Å². The van der Waals surface area contributed by atoms with Crippen LogP contribution < -0.4 is 0 Å². The van der Waals surface area contributed by atoms with Gasteiger partial charge in [-0.2, -0.15) is 0 Å². The molecule has 0 amide bonds. The highest BCUT2D eigenvalue weighted by atomic mass is 16.3. The molecule has 1 N–H and O–H groups in total. The fraction of sp³-hybridized carbons (Fsp3) is 0.545. The van der Waals surface area contributed by atoms with E-state index in [-0.39, 0.29) is 6.61 Å². The molecule has 1 unspecified atom stereocenters. The molecule has 3 nitrogen and oxygen atoms in total. The molecule has 1 fully saturated rings. The lowest BCUT2D eigenvalue weighted by Crippen LogP contribution is -2.17. The molecule has 0 aliphatic carbocycles. The molecule has 0 aromatic carbocycles. The Morgan fingerprint density at radius 1 is 1.57 bits per heavy atom. The van der Waals surface area contributed by atoms with Crippen LogP contribution >= 0.6 is 0 Å². The van der Waals surface area contributed by atoms with Gasteiger partial charge in [0.15, 0.2) is 0 Å². The summed E-state index contributed by atoms with van der Waals surface area (Å²) in [5.41, 5.74) is 2.01. The van der Waals surface area contributed by atoms with Gasteiger partial charge in [0.05, 0.1) is 12.3 Å². The van der Waals surface area contributed by atoms with Crippen molar-refractivity contribution in [3.8, 4) is 0 Å². The first kappa shape index (κ1) is 9.62. The zero-order chi connectivity index (χ0) is 9.97. The minimum atomic E-state index is 0.0286. The van der Waals surface area contributed by atoms with Crippen LogP contribution in [-0.4, -0.2) is 28.6 Å². The third-order valence-corrected chi connectivity index (χ3v) is 2.91. The summed E-state index contributed by atoms with van der Waals surface area (Å²) >= 11 is 0. The summed E-state index contributed by atoms with van der Waals surface area (Å²) in [7, 11) is 2.15. The molecule has 2 rings (SSSR count). The Kier molecular flexibility index (Phi) is 2.79. The summed E-state index contributed by atoms with van der Waals surface area (Å²) in [6.07, 6.45) is 4.37. The maximum Gasteiger partial charge on any atom is 0.0852 e. The monoisotopic (exact) mass is 192 g/mol. The van der Waals surface area contributed by atoms with Gasteiger partial charge in [0, 0.05) is 12.2 Å². The van der Waals surface area contributed by atoms with Gasteiger partial charge in [-0.05, 0) is 38.1 Å². The van der Waals surface area contributed by atoms with Crippen LogP contribution in [0.5, 0.6) is 0 Å². The fourth-order valence-electron chi connectivity index (χ4n) is 2.06. The van der Waals surface area contributed by atoms with Crippen molar-refractivity contribution in [3.63, 3.8) is 0 Å². The molecule has 1 saturated heterocycles. The molecule has 1 atom stereocenters. The fourth-order valence-corrected chi connectivity index (χ4v) is 2.06. The van der Waals surface area contributed by atoms with Crippen molar-refractivity contribution in [2.24, 2.45) is 0 Å². The molecule has 14 heavy (non-hydrogen) atoms. The predicted octanol–water partition coefficient (Wildman–Crippen LogP) is 1.34. The van der Waals surface area contributed by atoms with E-state index in [1.54, 1.807) is 0 Å². The number of pyridine rings is 1. The highest BCUT2D eigenvalue weighted by Crippen LogP contribution is 2.29. The van der Waals surface area contributed by atoms with E-state index < -0.39 is 0 Å². The van der Waals surface area contributed by atoms with E-state index in [9.17, 15) is 0 Å². The minimum absolute atomic E-state index is 0.0286. The van der Waals surface area contributed by atoms with Gasteiger partial charge >= 0.3 is 0 Å². The Morgan fingerprint density at radius 2 is 2.43 bits per heavy atom. The topological polar surface area (TPSA) is 36.4 Å². The summed E-state index contributed by atoms with van der Waals surface area (Å²) in [5.74, 6) is 0. The lowest BCUT2D eigenvalue weighted by Gasteiger charge is -2.19. The SMILES string of the molecule is CN1CCCC1c1ccc(CO)nc1. The number of aliphatic hydroxyl groups is 1. The maximum absolute atomic E-state index is 8.87. The second-order valence-corrected chi connectivity index (χ2v) is 3.88. The Hall–Kier alpha value is -0.930. The van der Waals surface area contributed by atoms with Gasteiger partial charge in [0.1, 0.15) is 0 Å². The van der Waals surface area contributed by atoms with Crippen LogP contribution in [-0.2, 0) is 6.61 Å². The van der Waals surface area contributed by atoms with Crippen molar-refractivity contribution in [1.82, 2.24) is 9.88 Å². The van der Waals surface area contributed by atoms with Crippen molar-refractivity contribution in [2.75, 3.05) is 13.6 Å². The van der Waals surface area contributed by atoms with E-state index in [2.05, 4.69) is 23.0 Å². The van der Waals surface area contributed by atoms with E-state index in [0.717, 1.165) is 5.69 Å². The van der Waals surface area contributed by atoms with Crippen LogP contribution in [0.15, 0.2) is 18.3 Å². The van der Waals surface area contributed by atoms with Gasteiger partial charge in [-0.15, -0.1) is 0 Å². The van der Waals surface area contributed by atoms with Crippen molar-refractivity contribution >= 4 is 0 Å². The Balaban J connectivity index is 2.16. The molecule has 0 radical (unpaired) electrons. The normalized spacial score (nSPS) is 22.9. The highest BCUT2D eigenvalue weighted by molar-refractivity contribution is 5.18. The van der Waals surface area contributed by atoms with E-state index >= 15 is 0 Å². The summed E-state index contributed by atoms with van der Waals surface area (Å²) in [4.78, 5) is 6.56. The van der Waals surface area contributed by atoms with Gasteiger partial charge < -0.3 is 5.11 Å². The molecule has 1 aliphatic rings. The van der Waals surface area contributed by atoms with Gasteiger partial charge in [-0.3, -0.25) is 9.88 Å². The van der Waals surface area contributed by atoms with Crippen LogP contribution in [0.1, 0.15) is 30.1 Å². The number of likely N-dealkylation sites (tertiary alicyclic amines) is 1. The number of aliphatic hydroxyl groups excluding tert-OH is 1. The standard InChI is InChI=1S/C11H16N2O/c1-13-6-2-3-11(13)9-4-5-10(8-14)12-7-9/h4-5,7,11,14H,2-3,6,8H2,1H3. The molecule has 0 saturated carbocycles. The van der Waals surface area contributed by atoms with Crippen molar-refractivity contribution < 1.29 is 5.11 Å². The van der Waals surface area contributed by atoms with E-state index in [4.69, 9.17) is 5.11 Å². The second kappa shape index (κ2) is 4.07. The lowest BCUT2D eigenvalue weighted by molar-refractivity contribution is 0.276. The van der Waals surface area contributed by atoms with Crippen LogP contribution in [0.4, 0.5) is 0 Å². The highest BCUT2D eigenvalue weighted by Gasteiger charge is 2.22. The third kappa shape index (κ3) is 1.79. The Labute approximate surface area is 84.4 Å². The van der Waals surface area contributed by atoms with Gasteiger partial charge in [-0.25, -0.2) is 0 Å². The minimum Gasteiger partial charge on any atom is -0.390 e. The lowest BCUT2D eigenvalue weighted by atomic mass is 10.1. The predicted molar refractivity (Wildman–Crippen MR) is 54.8 cm³/mol. The van der Waals surface area contributed by atoms with Crippen LogP contribution in [0.2, 0.25) is 0 Å². The molecular weight excluding hydrogens is 176 g/mol. The molecule has 76 valence electrons. The molecule has 1 aromatic heterocycles.